The highest BCUT2D eigenvalue weighted by molar-refractivity contribution is 5.81. The van der Waals surface area contributed by atoms with Gasteiger partial charge in [-0.05, 0) is 50.8 Å². The molecule has 1 saturated heterocycles. The Morgan fingerprint density at radius 2 is 2.00 bits per heavy atom. The zero-order valence-electron chi connectivity index (χ0n) is 15.0. The summed E-state index contributed by atoms with van der Waals surface area (Å²) in [6.45, 7) is 1.86. The van der Waals surface area contributed by atoms with Gasteiger partial charge in [-0.1, -0.05) is 25.3 Å². The summed E-state index contributed by atoms with van der Waals surface area (Å²) in [6.07, 6.45) is 11.3. The first kappa shape index (κ1) is 17.0. The number of rotatable bonds is 4. The van der Waals surface area contributed by atoms with Crippen LogP contribution in [0.3, 0.4) is 0 Å². The Kier molecular flexibility index (Phi) is 4.78. The van der Waals surface area contributed by atoms with Crippen LogP contribution in [-0.4, -0.2) is 41.0 Å². The second kappa shape index (κ2) is 7.04. The van der Waals surface area contributed by atoms with Crippen LogP contribution in [0.25, 0.3) is 0 Å². The molecule has 25 heavy (non-hydrogen) atoms. The predicted octanol–water partition coefficient (Wildman–Crippen LogP) is 2.17. The fourth-order valence-electron chi connectivity index (χ4n) is 4.60. The number of carbonyl (C=O) groups is 1. The van der Waals surface area contributed by atoms with Gasteiger partial charge < -0.3 is 11.1 Å². The molecule has 1 aliphatic heterocycles. The monoisotopic (exact) mass is 342 g/mol. The van der Waals surface area contributed by atoms with E-state index in [2.05, 4.69) is 15.2 Å². The van der Waals surface area contributed by atoms with Crippen LogP contribution >= 0.6 is 0 Å². The van der Waals surface area contributed by atoms with E-state index in [0.717, 1.165) is 38.0 Å². The van der Waals surface area contributed by atoms with E-state index in [-0.39, 0.29) is 23.4 Å². The SMILES string of the molecule is NC1CCN(C2CCCCC2)CC1C(=O)NC1(c2ccccn2)CC1. The van der Waals surface area contributed by atoms with Gasteiger partial charge in [-0.3, -0.25) is 14.7 Å². The Labute approximate surface area is 150 Å². The number of amides is 1. The number of nitrogens with zero attached hydrogens (tertiary/aromatic N) is 2. The Morgan fingerprint density at radius 1 is 1.20 bits per heavy atom. The molecule has 0 radical (unpaired) electrons. The topological polar surface area (TPSA) is 71.2 Å². The molecule has 0 bridgehead atoms. The average molecular weight is 342 g/mol. The number of pyridine rings is 1. The molecule has 1 aromatic heterocycles. The van der Waals surface area contributed by atoms with Gasteiger partial charge in [-0.15, -0.1) is 0 Å². The van der Waals surface area contributed by atoms with Crippen molar-refractivity contribution in [2.75, 3.05) is 13.1 Å². The number of hydrogen-bond acceptors (Lipinski definition) is 4. The summed E-state index contributed by atoms with van der Waals surface area (Å²) >= 11 is 0. The lowest BCUT2D eigenvalue weighted by Crippen LogP contribution is -2.56. The molecule has 5 heteroatoms. The second-order valence-electron chi connectivity index (χ2n) is 8.13. The highest BCUT2D eigenvalue weighted by Gasteiger charge is 2.48. The third kappa shape index (κ3) is 3.58. The Morgan fingerprint density at radius 3 is 2.68 bits per heavy atom. The first-order valence-electron chi connectivity index (χ1n) is 9.91. The van der Waals surface area contributed by atoms with Crippen LogP contribution in [0.2, 0.25) is 0 Å². The van der Waals surface area contributed by atoms with Crippen molar-refractivity contribution >= 4 is 5.91 Å². The molecule has 2 atom stereocenters. The number of nitrogens with two attached hydrogens (primary N) is 1. The van der Waals surface area contributed by atoms with Crippen molar-refractivity contribution in [1.82, 2.24) is 15.2 Å². The number of nitrogens with one attached hydrogen (secondary N) is 1. The lowest BCUT2D eigenvalue weighted by Gasteiger charge is -2.42. The summed E-state index contributed by atoms with van der Waals surface area (Å²) < 4.78 is 0. The Balaban J connectivity index is 1.42. The molecule has 3 aliphatic rings. The first-order valence-corrected chi connectivity index (χ1v) is 9.91. The van der Waals surface area contributed by atoms with Crippen molar-refractivity contribution in [3.8, 4) is 0 Å². The molecule has 0 aromatic carbocycles. The van der Waals surface area contributed by atoms with Crippen molar-refractivity contribution in [2.24, 2.45) is 11.7 Å². The lowest BCUT2D eigenvalue weighted by atomic mass is 9.87. The van der Waals surface area contributed by atoms with Crippen molar-refractivity contribution < 1.29 is 4.79 Å². The van der Waals surface area contributed by atoms with E-state index in [1.165, 1.54) is 32.1 Å². The van der Waals surface area contributed by atoms with Gasteiger partial charge in [0.1, 0.15) is 0 Å². The van der Waals surface area contributed by atoms with Gasteiger partial charge in [0.15, 0.2) is 0 Å². The van der Waals surface area contributed by atoms with Crippen molar-refractivity contribution in [1.29, 1.82) is 0 Å². The lowest BCUT2D eigenvalue weighted by molar-refractivity contribution is -0.129. The summed E-state index contributed by atoms with van der Waals surface area (Å²) in [5.74, 6) is 0.0213. The zero-order chi connectivity index (χ0) is 17.3. The predicted molar refractivity (Wildman–Crippen MR) is 97.8 cm³/mol. The molecule has 2 heterocycles. The molecule has 5 nitrogen and oxygen atoms in total. The molecular formula is C20H30N4O. The van der Waals surface area contributed by atoms with Gasteiger partial charge in [0, 0.05) is 24.8 Å². The standard InChI is InChI=1S/C20H30N4O/c21-17-9-13-24(15-6-2-1-3-7-15)14-16(17)19(25)23-20(10-11-20)18-8-4-5-12-22-18/h4-5,8,12,15-17H,1-3,6-7,9-11,13-14,21H2,(H,23,25). The van der Waals surface area contributed by atoms with Crippen molar-refractivity contribution in [3.05, 3.63) is 30.1 Å². The number of likely N-dealkylation sites (tertiary alicyclic amines) is 1. The van der Waals surface area contributed by atoms with Crippen LogP contribution < -0.4 is 11.1 Å². The van der Waals surface area contributed by atoms with E-state index in [9.17, 15) is 4.79 Å². The number of piperidine rings is 1. The maximum atomic E-state index is 13.0. The molecule has 3 fully saturated rings. The molecule has 2 saturated carbocycles. The molecule has 2 unspecified atom stereocenters. The summed E-state index contributed by atoms with van der Waals surface area (Å²) in [5.41, 5.74) is 7.08. The smallest absolute Gasteiger partial charge is 0.226 e. The van der Waals surface area contributed by atoms with E-state index >= 15 is 0 Å². The molecule has 3 N–H and O–H groups in total. The summed E-state index contributed by atoms with van der Waals surface area (Å²) in [6, 6.07) is 6.55. The highest BCUT2D eigenvalue weighted by Crippen LogP contribution is 2.44. The number of carbonyl (C=O) groups excluding carboxylic acids is 1. The third-order valence-corrected chi connectivity index (χ3v) is 6.39. The summed E-state index contributed by atoms with van der Waals surface area (Å²) in [4.78, 5) is 20.0. The first-order chi connectivity index (χ1) is 12.2. The van der Waals surface area contributed by atoms with E-state index in [4.69, 9.17) is 5.73 Å². The summed E-state index contributed by atoms with van der Waals surface area (Å²) in [7, 11) is 0. The maximum absolute atomic E-state index is 13.0. The van der Waals surface area contributed by atoms with Gasteiger partial charge >= 0.3 is 0 Å². The van der Waals surface area contributed by atoms with E-state index in [0.29, 0.717) is 6.04 Å². The average Bonchev–Trinajstić information content (AvgIpc) is 3.44. The molecule has 1 amide bonds. The molecule has 2 aliphatic carbocycles. The summed E-state index contributed by atoms with van der Waals surface area (Å²) in [5, 5.41) is 3.30. The Hall–Kier alpha value is -1.46. The van der Waals surface area contributed by atoms with Crippen LogP contribution in [0.1, 0.15) is 57.1 Å². The molecule has 136 valence electrons. The molecule has 0 spiro atoms. The van der Waals surface area contributed by atoms with Gasteiger partial charge in [0.2, 0.25) is 5.91 Å². The maximum Gasteiger partial charge on any atom is 0.226 e. The van der Waals surface area contributed by atoms with Gasteiger partial charge in [0.25, 0.3) is 0 Å². The quantitative estimate of drug-likeness (QED) is 0.880. The van der Waals surface area contributed by atoms with Crippen molar-refractivity contribution in [3.63, 3.8) is 0 Å². The van der Waals surface area contributed by atoms with E-state index in [1.54, 1.807) is 6.20 Å². The normalized spacial score (nSPS) is 30.0. The minimum absolute atomic E-state index is 0.0284. The fourth-order valence-corrected chi connectivity index (χ4v) is 4.60. The minimum Gasteiger partial charge on any atom is -0.345 e. The third-order valence-electron chi connectivity index (χ3n) is 6.39. The Bertz CT molecular complexity index is 595. The zero-order valence-corrected chi connectivity index (χ0v) is 15.0. The van der Waals surface area contributed by atoms with Gasteiger partial charge in [-0.25, -0.2) is 0 Å². The number of hydrogen-bond donors (Lipinski definition) is 2. The number of aromatic nitrogens is 1. The van der Waals surface area contributed by atoms with Crippen LogP contribution in [0.15, 0.2) is 24.4 Å². The largest absolute Gasteiger partial charge is 0.345 e. The van der Waals surface area contributed by atoms with Crippen LogP contribution in [0.4, 0.5) is 0 Å². The van der Waals surface area contributed by atoms with Crippen LogP contribution in [0, 0.1) is 5.92 Å². The van der Waals surface area contributed by atoms with Crippen molar-refractivity contribution in [2.45, 2.75) is 69.0 Å². The molecular weight excluding hydrogens is 312 g/mol. The van der Waals surface area contributed by atoms with E-state index < -0.39 is 0 Å². The van der Waals surface area contributed by atoms with Crippen LogP contribution in [-0.2, 0) is 10.3 Å². The highest BCUT2D eigenvalue weighted by atomic mass is 16.2. The van der Waals surface area contributed by atoms with Gasteiger partial charge in [0.05, 0.1) is 17.2 Å². The van der Waals surface area contributed by atoms with Crippen LogP contribution in [0.5, 0.6) is 0 Å². The fraction of sp³-hybridized carbons (Fsp3) is 0.700. The second-order valence-corrected chi connectivity index (χ2v) is 8.13. The minimum atomic E-state index is -0.245. The molecule has 4 rings (SSSR count). The van der Waals surface area contributed by atoms with Gasteiger partial charge in [-0.2, -0.15) is 0 Å². The van der Waals surface area contributed by atoms with E-state index in [1.807, 2.05) is 18.2 Å². The molecule has 1 aromatic rings.